The summed E-state index contributed by atoms with van der Waals surface area (Å²) in [6.45, 7) is 16.3. The van der Waals surface area contributed by atoms with E-state index >= 15 is 0 Å². The maximum absolute atomic E-state index is 11.0. The molecule has 0 aliphatic rings. The molecule has 0 spiro atoms. The molecule has 582 valence electrons. The van der Waals surface area contributed by atoms with Gasteiger partial charge in [-0.15, -0.1) is 6.58 Å². The fraction of sp³-hybridized carbons (Fsp3) is 0.171. The average Bonchev–Trinajstić information content (AvgIpc) is 0.795. The largest absolute Gasteiger partial charge is 0.287 e. The molecular formula is C105H102Br6OS2. The zero-order valence-corrected chi connectivity index (χ0v) is 77.4. The number of benzene rings is 14. The molecule has 0 aliphatic heterocycles. The van der Waals surface area contributed by atoms with E-state index in [1.165, 1.54) is 167 Å². The van der Waals surface area contributed by atoms with Crippen LogP contribution in [0.4, 0.5) is 0 Å². The summed E-state index contributed by atoms with van der Waals surface area (Å²) in [6.07, 6.45) is 14.4. The number of aryl methyl sites for hydroxylation is 6. The van der Waals surface area contributed by atoms with Gasteiger partial charge in [-0.3, -0.25) is 4.79 Å². The number of rotatable bonds is 21. The van der Waals surface area contributed by atoms with Gasteiger partial charge in [0.25, 0.3) is 0 Å². The number of hydrogen-bond donors (Lipinski definition) is 1. The summed E-state index contributed by atoms with van der Waals surface area (Å²) in [7, 11) is 0. The summed E-state index contributed by atoms with van der Waals surface area (Å²) < 4.78 is 6.68. The van der Waals surface area contributed by atoms with Gasteiger partial charge < -0.3 is 0 Å². The molecule has 0 saturated carbocycles. The van der Waals surface area contributed by atoms with Crippen molar-refractivity contribution >= 4 is 125 Å². The highest BCUT2D eigenvalue weighted by molar-refractivity contribution is 9.11. The molecule has 0 bridgehead atoms. The Hall–Kier alpha value is -7.93. The van der Waals surface area contributed by atoms with Crippen molar-refractivity contribution in [1.29, 1.82) is 0 Å². The molecule has 14 aromatic rings. The second-order valence-corrected chi connectivity index (χ2v) is 34.5. The second-order valence-electron chi connectivity index (χ2n) is 27.3. The van der Waals surface area contributed by atoms with Crippen molar-refractivity contribution in [3.63, 3.8) is 0 Å². The second kappa shape index (κ2) is 51.2. The van der Waals surface area contributed by atoms with Crippen LogP contribution in [-0.2, 0) is 49.7 Å². The van der Waals surface area contributed by atoms with E-state index < -0.39 is 0 Å². The minimum atomic E-state index is 0.120. The third-order valence-electron chi connectivity index (χ3n) is 18.6. The first-order valence-corrected chi connectivity index (χ1v) is 45.3. The number of thiol groups is 1. The zero-order valence-electron chi connectivity index (χ0n) is 66.1. The molecule has 14 rings (SSSR count). The lowest BCUT2D eigenvalue weighted by Crippen LogP contribution is -1.87. The summed E-state index contributed by atoms with van der Waals surface area (Å²) >= 11 is 26.1. The van der Waals surface area contributed by atoms with Crippen LogP contribution in [0.25, 0.3) is 77.9 Å². The maximum atomic E-state index is 11.0. The Kier molecular flexibility index (Phi) is 41.1. The maximum Gasteiger partial charge on any atom is 0.190 e. The lowest BCUT2D eigenvalue weighted by atomic mass is 10.0. The Morgan fingerprint density at radius 3 is 0.623 bits per heavy atom. The van der Waals surface area contributed by atoms with E-state index in [1.807, 2.05) is 18.2 Å². The van der Waals surface area contributed by atoms with E-state index in [2.05, 4.69) is 477 Å². The Bertz CT molecular complexity index is 4860. The van der Waals surface area contributed by atoms with Crippen LogP contribution >= 0.6 is 120 Å². The predicted molar refractivity (Wildman–Crippen MR) is 523 cm³/mol. The quantitative estimate of drug-likeness (QED) is 0.0439. The van der Waals surface area contributed by atoms with Gasteiger partial charge in [0.05, 0.1) is 0 Å². The summed E-state index contributed by atoms with van der Waals surface area (Å²) in [6, 6.07) is 120. The van der Waals surface area contributed by atoms with Crippen molar-refractivity contribution in [3.8, 4) is 77.9 Å². The lowest BCUT2D eigenvalue weighted by molar-refractivity contribution is -0.109. The normalized spacial score (nSPS) is 10.3. The highest BCUT2D eigenvalue weighted by Gasteiger charge is 2.06. The van der Waals surface area contributed by atoms with Crippen LogP contribution in [0.3, 0.4) is 0 Å². The Balaban J connectivity index is 0.000000167. The van der Waals surface area contributed by atoms with Crippen LogP contribution in [0.2, 0.25) is 0 Å². The summed E-state index contributed by atoms with van der Waals surface area (Å²) in [5.41, 5.74) is 27.3. The molecule has 1 nitrogen and oxygen atoms in total. The van der Waals surface area contributed by atoms with Crippen molar-refractivity contribution in [2.75, 3.05) is 5.75 Å². The first kappa shape index (κ1) is 91.6. The van der Waals surface area contributed by atoms with E-state index in [9.17, 15) is 4.79 Å². The van der Waals surface area contributed by atoms with Crippen molar-refractivity contribution in [2.45, 2.75) is 117 Å². The highest BCUT2D eigenvalue weighted by Crippen LogP contribution is 2.31. The van der Waals surface area contributed by atoms with Gasteiger partial charge in [-0.2, -0.15) is 12.6 Å². The summed E-state index contributed by atoms with van der Waals surface area (Å²) in [5.74, 6) is 0.959. The third-order valence-corrected chi connectivity index (χ3v) is 22.9. The van der Waals surface area contributed by atoms with Gasteiger partial charge in [-0.1, -0.05) is 422 Å². The van der Waals surface area contributed by atoms with Crippen LogP contribution < -0.4 is 0 Å². The van der Waals surface area contributed by atoms with Crippen LogP contribution in [0.1, 0.15) is 106 Å². The molecule has 0 heterocycles. The number of carbonyl (C=O) groups is 1. The van der Waals surface area contributed by atoms with Gasteiger partial charge in [-0.25, -0.2) is 0 Å². The van der Waals surface area contributed by atoms with E-state index in [0.717, 1.165) is 69.6 Å². The Labute approximate surface area is 741 Å². The molecule has 0 saturated heterocycles. The molecule has 0 aliphatic carbocycles. The molecule has 0 fully saturated rings. The minimum absolute atomic E-state index is 0.120. The fourth-order valence-electron chi connectivity index (χ4n) is 12.2. The summed E-state index contributed by atoms with van der Waals surface area (Å²) in [4.78, 5) is 12.0. The molecule has 0 radical (unpaired) electrons. The molecule has 0 amide bonds. The Morgan fingerprint density at radius 2 is 0.447 bits per heavy atom. The fourth-order valence-corrected chi connectivity index (χ4v) is 14.6. The lowest BCUT2D eigenvalue weighted by Gasteiger charge is -2.05. The van der Waals surface area contributed by atoms with Crippen molar-refractivity contribution in [2.24, 2.45) is 0 Å². The van der Waals surface area contributed by atoms with Crippen LogP contribution in [0, 0.1) is 0 Å². The van der Waals surface area contributed by atoms with Crippen molar-refractivity contribution in [1.82, 2.24) is 0 Å². The van der Waals surface area contributed by atoms with Crippen LogP contribution in [0.15, 0.2) is 384 Å². The highest BCUT2D eigenvalue weighted by atomic mass is 79.9. The first-order valence-electron chi connectivity index (χ1n) is 39.1. The zero-order chi connectivity index (χ0) is 81.2. The third kappa shape index (κ3) is 32.6. The number of carbonyl (C=O) groups excluding carboxylic acids is 1. The van der Waals surface area contributed by atoms with Gasteiger partial charge in [0.15, 0.2) is 5.12 Å². The first-order chi connectivity index (χ1) is 55.4. The minimum Gasteiger partial charge on any atom is -0.287 e. The van der Waals surface area contributed by atoms with Crippen LogP contribution in [-0.4, -0.2) is 10.9 Å². The molecule has 0 aromatic heterocycles. The van der Waals surface area contributed by atoms with Crippen molar-refractivity contribution in [3.05, 3.63) is 418 Å². The van der Waals surface area contributed by atoms with Gasteiger partial charge in [0.2, 0.25) is 0 Å². The predicted octanol–water partition coefficient (Wildman–Crippen LogP) is 34.3. The molecule has 114 heavy (non-hydrogen) atoms. The molecule has 0 unspecified atom stereocenters. The average molecular weight is 1920 g/mol. The number of halogens is 6. The SMILES string of the molecule is Brc1ccc(-c2ccc(Br)cc2)cc1.Brc1ccc(-c2ccc(Br)cc2)cc1.C=CCc1ccc(-c2ccc(CCC)cc2)cc1.CCCc1ccc(-c2ccc(Br)cc2)cc1.CCCc1ccc(-c2ccc(CCCS)cc2)cc1.CCc1ccc(-c2ccc(Br)cc2)cc1.CCc1ccc(-c2ccc(SC(C)=O)cc2)cc1. The monoisotopic (exact) mass is 1920 g/mol. The van der Waals surface area contributed by atoms with Crippen LogP contribution in [0.5, 0.6) is 0 Å². The van der Waals surface area contributed by atoms with E-state index in [-0.39, 0.29) is 5.12 Å². The van der Waals surface area contributed by atoms with Crippen molar-refractivity contribution < 1.29 is 4.79 Å². The van der Waals surface area contributed by atoms with Gasteiger partial charge in [0, 0.05) is 38.7 Å². The van der Waals surface area contributed by atoms with E-state index in [4.69, 9.17) is 0 Å². The molecule has 9 heteroatoms. The standard InChI is InChI=1S/C18H22S.C18H20.C16H16OS.C15H15Br.C14H13Br.2C12H8Br2/c1-2-4-15-6-10-17(11-7-15)18-12-8-16(9-13-18)5-3-14-19;1-3-5-15-7-11-17(12-8-15)18-13-9-16(6-4-2)10-14-18;1-3-13-4-6-14(7-5-13)15-8-10-16(11-9-15)18-12(2)17;1-2-3-12-4-6-13(7-5-12)14-8-10-15(16)11-9-14;1-2-11-3-5-12(6-4-11)13-7-9-14(15)10-8-13;2*13-11-5-1-9(2-6-11)10-3-7-12(14)8-4-10/h6-13,19H,2-5,14H2,1H3;3,7-14H,1,4-6H2,2H3;4-11H,3H2,1-2H3;4-11H,2-3H2,1H3;3-10H,2H2,1H3;2*1-8H. The summed E-state index contributed by atoms with van der Waals surface area (Å²) in [5, 5.41) is 0.120. The molecular weight excluding hydrogens is 1820 g/mol. The van der Waals surface area contributed by atoms with E-state index in [0.29, 0.717) is 0 Å². The number of thioether (sulfide) groups is 1. The smallest absolute Gasteiger partial charge is 0.190 e. The molecule has 14 aromatic carbocycles. The molecule has 0 atom stereocenters. The van der Waals surface area contributed by atoms with Gasteiger partial charge >= 0.3 is 0 Å². The molecule has 0 N–H and O–H groups in total. The Morgan fingerprint density at radius 1 is 0.272 bits per heavy atom. The van der Waals surface area contributed by atoms with E-state index in [1.54, 1.807) is 6.92 Å². The number of hydrogen-bond acceptors (Lipinski definition) is 3. The number of allylic oxidation sites excluding steroid dienone is 1. The van der Waals surface area contributed by atoms with Gasteiger partial charge in [0.1, 0.15) is 0 Å². The van der Waals surface area contributed by atoms with Gasteiger partial charge in [-0.05, 0) is 259 Å². The topological polar surface area (TPSA) is 17.1 Å².